The second-order valence-electron chi connectivity index (χ2n) is 7.69. The molecule has 0 spiro atoms. The van der Waals surface area contributed by atoms with Crippen LogP contribution in [0, 0.1) is 35.1 Å². The number of rotatable bonds is 4. The van der Waals surface area contributed by atoms with E-state index in [0.29, 0.717) is 10.9 Å². The highest BCUT2D eigenvalue weighted by Gasteiger charge is 2.13. The average Bonchev–Trinajstić information content (AvgIpc) is 2.77. The quantitative estimate of drug-likeness (QED) is 0.228. The Kier molecular flexibility index (Phi) is 6.28. The molecule has 0 atom stereocenters. The van der Waals surface area contributed by atoms with E-state index < -0.39 is 17.5 Å². The largest absolute Gasteiger partial charge is 0.207 e. The van der Waals surface area contributed by atoms with E-state index in [1.165, 1.54) is 18.2 Å². The third-order valence-electron chi connectivity index (χ3n) is 5.34. The van der Waals surface area contributed by atoms with E-state index in [9.17, 15) is 17.6 Å². The second-order valence-corrected chi connectivity index (χ2v) is 7.69. The molecule has 0 bridgehead atoms. The maximum absolute atomic E-state index is 14.7. The van der Waals surface area contributed by atoms with E-state index in [1.54, 1.807) is 36.4 Å². The molecule has 4 heteroatoms. The molecule has 0 aliphatic carbocycles. The number of benzene rings is 4. The van der Waals surface area contributed by atoms with Crippen molar-refractivity contribution in [1.29, 1.82) is 0 Å². The highest BCUT2D eigenvalue weighted by molar-refractivity contribution is 5.84. The molecule has 0 fully saturated rings. The first-order chi connectivity index (χ1) is 15.4. The van der Waals surface area contributed by atoms with Crippen LogP contribution in [-0.2, 0) is 6.42 Å². The molecule has 32 heavy (non-hydrogen) atoms. The van der Waals surface area contributed by atoms with Crippen LogP contribution in [0.1, 0.15) is 36.5 Å². The Morgan fingerprint density at radius 2 is 1.41 bits per heavy atom. The number of halogens is 4. The number of unbranched alkanes of at least 4 members (excludes halogenated alkanes) is 1. The van der Waals surface area contributed by atoms with Gasteiger partial charge in [0.1, 0.15) is 23.3 Å². The van der Waals surface area contributed by atoms with Gasteiger partial charge in [-0.3, -0.25) is 0 Å². The smallest absolute Gasteiger partial charge is 0.142 e. The number of hydrogen-bond acceptors (Lipinski definition) is 0. The monoisotopic (exact) mass is 432 g/mol. The standard InChI is InChI=1S/C28H20F4/c1-2-3-4-18-6-11-24(26(30)14-18)22-16-27(31)25(28(32)17-22)12-7-19-5-8-21-15-23(29)10-9-20(21)13-19/h5-6,8-11,13-17H,2-4H2,1H3. The van der Waals surface area contributed by atoms with Crippen LogP contribution in [0.5, 0.6) is 0 Å². The van der Waals surface area contributed by atoms with Crippen LogP contribution in [0.15, 0.2) is 66.7 Å². The molecule has 0 saturated carbocycles. The Labute approximate surface area is 184 Å². The number of fused-ring (bicyclic) bond motifs is 1. The highest BCUT2D eigenvalue weighted by atomic mass is 19.1. The summed E-state index contributed by atoms with van der Waals surface area (Å²) in [5.74, 6) is 2.72. The lowest BCUT2D eigenvalue weighted by Gasteiger charge is -2.08. The molecule has 4 aromatic rings. The topological polar surface area (TPSA) is 0 Å². The van der Waals surface area contributed by atoms with Crippen LogP contribution in [0.3, 0.4) is 0 Å². The summed E-state index contributed by atoms with van der Waals surface area (Å²) in [6.07, 6.45) is 2.71. The molecular weight excluding hydrogens is 412 g/mol. The predicted octanol–water partition coefficient (Wildman–Crippen LogP) is 7.81. The van der Waals surface area contributed by atoms with Crippen molar-refractivity contribution < 1.29 is 17.6 Å². The van der Waals surface area contributed by atoms with Crippen LogP contribution in [0.2, 0.25) is 0 Å². The molecule has 0 nitrogen and oxygen atoms in total. The van der Waals surface area contributed by atoms with E-state index in [2.05, 4.69) is 18.8 Å². The van der Waals surface area contributed by atoms with Crippen LogP contribution in [0.4, 0.5) is 17.6 Å². The SMILES string of the molecule is CCCCc1ccc(-c2cc(F)c(C#Cc3ccc4cc(F)ccc4c3)c(F)c2)c(F)c1. The van der Waals surface area contributed by atoms with Crippen molar-refractivity contribution in [3.63, 3.8) is 0 Å². The highest BCUT2D eigenvalue weighted by Crippen LogP contribution is 2.28. The third-order valence-corrected chi connectivity index (χ3v) is 5.34. The Morgan fingerprint density at radius 3 is 2.12 bits per heavy atom. The van der Waals surface area contributed by atoms with Crippen molar-refractivity contribution in [2.75, 3.05) is 0 Å². The van der Waals surface area contributed by atoms with Crippen molar-refractivity contribution in [2.24, 2.45) is 0 Å². The fourth-order valence-corrected chi connectivity index (χ4v) is 3.61. The molecule has 4 rings (SSSR count). The summed E-state index contributed by atoms with van der Waals surface area (Å²) < 4.78 is 57.2. The molecule has 0 aliphatic heterocycles. The minimum atomic E-state index is -0.857. The summed E-state index contributed by atoms with van der Waals surface area (Å²) in [6.45, 7) is 2.06. The van der Waals surface area contributed by atoms with Gasteiger partial charge in [-0.15, -0.1) is 0 Å². The molecule has 4 aromatic carbocycles. The molecule has 0 aliphatic rings. The zero-order chi connectivity index (χ0) is 22.7. The van der Waals surface area contributed by atoms with Crippen LogP contribution >= 0.6 is 0 Å². The Balaban J connectivity index is 1.64. The lowest BCUT2D eigenvalue weighted by molar-refractivity contribution is 0.577. The number of hydrogen-bond donors (Lipinski definition) is 0. The van der Waals surface area contributed by atoms with Gasteiger partial charge in [0, 0.05) is 11.1 Å². The Hall–Kier alpha value is -3.58. The van der Waals surface area contributed by atoms with Crippen molar-refractivity contribution in [3.8, 4) is 23.0 Å². The second kappa shape index (κ2) is 9.28. The summed E-state index contributed by atoms with van der Waals surface area (Å²) in [7, 11) is 0. The van der Waals surface area contributed by atoms with Gasteiger partial charge in [-0.25, -0.2) is 17.6 Å². The van der Waals surface area contributed by atoms with E-state index in [-0.39, 0.29) is 22.5 Å². The van der Waals surface area contributed by atoms with Gasteiger partial charge in [0.15, 0.2) is 0 Å². The summed E-state index contributed by atoms with van der Waals surface area (Å²) in [6, 6.07) is 16.4. The summed E-state index contributed by atoms with van der Waals surface area (Å²) in [4.78, 5) is 0. The number of aryl methyl sites for hydroxylation is 1. The molecular formula is C28H20F4. The van der Waals surface area contributed by atoms with Gasteiger partial charge in [-0.2, -0.15) is 0 Å². The molecule has 0 heterocycles. The van der Waals surface area contributed by atoms with Crippen molar-refractivity contribution in [3.05, 3.63) is 107 Å². The average molecular weight is 432 g/mol. The van der Waals surface area contributed by atoms with Crippen molar-refractivity contribution in [2.45, 2.75) is 26.2 Å². The van der Waals surface area contributed by atoms with Gasteiger partial charge in [0.05, 0.1) is 5.56 Å². The summed E-state index contributed by atoms with van der Waals surface area (Å²) in [5, 5.41) is 1.48. The van der Waals surface area contributed by atoms with E-state index in [0.717, 1.165) is 42.3 Å². The molecule has 0 unspecified atom stereocenters. The van der Waals surface area contributed by atoms with Crippen LogP contribution in [-0.4, -0.2) is 0 Å². The Morgan fingerprint density at radius 1 is 0.688 bits per heavy atom. The normalized spacial score (nSPS) is 10.8. The van der Waals surface area contributed by atoms with Gasteiger partial charge in [-0.05, 0) is 77.2 Å². The molecule has 0 amide bonds. The lowest BCUT2D eigenvalue weighted by atomic mass is 9.99. The first kappa shape index (κ1) is 21.6. The van der Waals surface area contributed by atoms with Crippen molar-refractivity contribution >= 4 is 10.8 Å². The van der Waals surface area contributed by atoms with Gasteiger partial charge in [0.25, 0.3) is 0 Å². The van der Waals surface area contributed by atoms with E-state index in [4.69, 9.17) is 0 Å². The third kappa shape index (κ3) is 4.68. The Bertz CT molecular complexity index is 1340. The predicted molar refractivity (Wildman–Crippen MR) is 120 cm³/mol. The fraction of sp³-hybridized carbons (Fsp3) is 0.143. The minimum Gasteiger partial charge on any atom is -0.207 e. The molecule has 0 aromatic heterocycles. The zero-order valence-corrected chi connectivity index (χ0v) is 17.5. The molecule has 0 radical (unpaired) electrons. The van der Waals surface area contributed by atoms with Gasteiger partial charge >= 0.3 is 0 Å². The maximum Gasteiger partial charge on any atom is 0.142 e. The zero-order valence-electron chi connectivity index (χ0n) is 17.5. The molecule has 160 valence electrons. The first-order valence-corrected chi connectivity index (χ1v) is 10.4. The first-order valence-electron chi connectivity index (χ1n) is 10.4. The van der Waals surface area contributed by atoms with Gasteiger partial charge < -0.3 is 0 Å². The lowest BCUT2D eigenvalue weighted by Crippen LogP contribution is -1.95. The van der Waals surface area contributed by atoms with Gasteiger partial charge in [-0.1, -0.05) is 49.5 Å². The fourth-order valence-electron chi connectivity index (χ4n) is 3.61. The molecule has 0 saturated heterocycles. The van der Waals surface area contributed by atoms with Crippen LogP contribution in [0.25, 0.3) is 21.9 Å². The molecule has 0 N–H and O–H groups in total. The minimum absolute atomic E-state index is 0.123. The maximum atomic E-state index is 14.7. The summed E-state index contributed by atoms with van der Waals surface area (Å²) in [5.41, 5.74) is 1.28. The van der Waals surface area contributed by atoms with E-state index in [1.807, 2.05) is 0 Å². The van der Waals surface area contributed by atoms with Gasteiger partial charge in [0.2, 0.25) is 0 Å². The van der Waals surface area contributed by atoms with E-state index >= 15 is 0 Å². The van der Waals surface area contributed by atoms with Crippen molar-refractivity contribution in [1.82, 2.24) is 0 Å². The summed E-state index contributed by atoms with van der Waals surface area (Å²) >= 11 is 0. The van der Waals surface area contributed by atoms with Crippen LogP contribution < -0.4 is 0 Å².